The van der Waals surface area contributed by atoms with Crippen molar-refractivity contribution in [1.29, 1.82) is 0 Å². The summed E-state index contributed by atoms with van der Waals surface area (Å²) in [5.74, 6) is 0.179. The predicted molar refractivity (Wildman–Crippen MR) is 127 cm³/mol. The first kappa shape index (κ1) is 26.2. The van der Waals surface area contributed by atoms with Gasteiger partial charge in [-0.05, 0) is 37.0 Å². The van der Waals surface area contributed by atoms with Crippen molar-refractivity contribution in [2.24, 2.45) is 0 Å². The van der Waals surface area contributed by atoms with Crippen LogP contribution in [0.3, 0.4) is 0 Å². The van der Waals surface area contributed by atoms with Crippen LogP contribution in [0.2, 0.25) is 0 Å². The van der Waals surface area contributed by atoms with Gasteiger partial charge in [-0.15, -0.1) is 0 Å². The van der Waals surface area contributed by atoms with Crippen LogP contribution in [0.5, 0.6) is 5.75 Å². The Morgan fingerprint density at radius 2 is 1.73 bits per heavy atom. The number of carbonyl (C=O) groups is 2. The van der Waals surface area contributed by atoms with Crippen LogP contribution in [0.4, 0.5) is 4.79 Å². The molecule has 0 heterocycles. The number of rotatable bonds is 12. The number of para-hydroxylation sites is 1. The summed E-state index contributed by atoms with van der Waals surface area (Å²) in [5, 5.41) is 2.52. The number of benzene rings is 2. The van der Waals surface area contributed by atoms with Crippen molar-refractivity contribution in [2.75, 3.05) is 32.2 Å². The topological polar surface area (TPSA) is 102 Å². The summed E-state index contributed by atoms with van der Waals surface area (Å²) >= 11 is 0. The Morgan fingerprint density at radius 1 is 1.06 bits per heavy atom. The van der Waals surface area contributed by atoms with Gasteiger partial charge in [0.2, 0.25) is 5.91 Å². The Morgan fingerprint density at radius 3 is 2.39 bits per heavy atom. The molecular weight excluding hydrogens is 444 g/mol. The number of carbonyl (C=O) groups excluding carboxylic acids is 2. The molecule has 0 saturated carbocycles. The zero-order chi connectivity index (χ0) is 24.3. The molecule has 2 rings (SSSR count). The molecule has 0 aromatic heterocycles. The SMILES string of the molecule is Cc1ccccc1OCCCN(C)C(=O)C(CCS(C)(=O)=O)NC(=O)OCc1ccccc1. The highest BCUT2D eigenvalue weighted by Crippen LogP contribution is 2.16. The lowest BCUT2D eigenvalue weighted by Crippen LogP contribution is -2.48. The molecule has 0 saturated heterocycles. The van der Waals surface area contributed by atoms with E-state index in [1.807, 2.05) is 61.5 Å². The third kappa shape index (κ3) is 9.95. The monoisotopic (exact) mass is 476 g/mol. The molecule has 0 spiro atoms. The Labute approximate surface area is 195 Å². The van der Waals surface area contributed by atoms with E-state index in [0.717, 1.165) is 23.1 Å². The zero-order valence-electron chi connectivity index (χ0n) is 19.3. The summed E-state index contributed by atoms with van der Waals surface area (Å²) < 4.78 is 34.2. The summed E-state index contributed by atoms with van der Waals surface area (Å²) in [4.78, 5) is 26.6. The molecule has 0 fully saturated rings. The minimum Gasteiger partial charge on any atom is -0.493 e. The minimum absolute atomic E-state index is 0.0395. The van der Waals surface area contributed by atoms with Crippen molar-refractivity contribution < 1.29 is 27.5 Å². The molecule has 0 bridgehead atoms. The van der Waals surface area contributed by atoms with Gasteiger partial charge in [0.1, 0.15) is 28.2 Å². The molecule has 0 radical (unpaired) electrons. The number of amides is 2. The highest BCUT2D eigenvalue weighted by molar-refractivity contribution is 7.90. The Kier molecular flexibility index (Phi) is 10.2. The van der Waals surface area contributed by atoms with E-state index < -0.39 is 22.0 Å². The molecule has 9 heteroatoms. The van der Waals surface area contributed by atoms with Crippen LogP contribution in [-0.2, 0) is 26.0 Å². The first-order chi connectivity index (χ1) is 15.7. The second kappa shape index (κ2) is 12.8. The van der Waals surface area contributed by atoms with Gasteiger partial charge < -0.3 is 19.7 Å². The van der Waals surface area contributed by atoms with E-state index in [2.05, 4.69) is 5.32 Å². The van der Waals surface area contributed by atoms with Crippen molar-refractivity contribution in [3.63, 3.8) is 0 Å². The molecular formula is C24H32N2O6S. The number of likely N-dealkylation sites (N-methyl/N-ethyl adjacent to an activating group) is 1. The highest BCUT2D eigenvalue weighted by Gasteiger charge is 2.25. The second-order valence-corrected chi connectivity index (χ2v) is 10.2. The maximum Gasteiger partial charge on any atom is 0.408 e. The van der Waals surface area contributed by atoms with E-state index in [9.17, 15) is 18.0 Å². The van der Waals surface area contributed by atoms with Crippen molar-refractivity contribution in [3.8, 4) is 5.75 Å². The Bertz CT molecular complexity index is 1010. The molecule has 1 atom stereocenters. The number of aryl methyl sites for hydroxylation is 1. The number of alkyl carbamates (subject to hydrolysis) is 1. The molecule has 2 aromatic carbocycles. The predicted octanol–water partition coefficient (Wildman–Crippen LogP) is 2.95. The van der Waals surface area contributed by atoms with Gasteiger partial charge in [-0.25, -0.2) is 13.2 Å². The van der Waals surface area contributed by atoms with E-state index in [4.69, 9.17) is 9.47 Å². The standard InChI is InChI=1S/C24H32N2O6S/c1-19-10-7-8-13-22(19)31-16-9-15-26(2)23(27)21(14-17-33(3,29)30)25-24(28)32-18-20-11-5-4-6-12-20/h4-8,10-13,21H,9,14-18H2,1-3H3,(H,25,28). The van der Waals surface area contributed by atoms with Gasteiger partial charge in [-0.1, -0.05) is 48.5 Å². The smallest absolute Gasteiger partial charge is 0.408 e. The molecule has 180 valence electrons. The fourth-order valence-corrected chi connectivity index (χ4v) is 3.74. The van der Waals surface area contributed by atoms with Crippen LogP contribution >= 0.6 is 0 Å². The average molecular weight is 477 g/mol. The first-order valence-corrected chi connectivity index (χ1v) is 12.8. The van der Waals surface area contributed by atoms with Crippen LogP contribution in [-0.4, -0.2) is 63.6 Å². The van der Waals surface area contributed by atoms with Gasteiger partial charge in [-0.3, -0.25) is 4.79 Å². The summed E-state index contributed by atoms with van der Waals surface area (Å²) in [5.41, 5.74) is 1.83. The maximum atomic E-state index is 12.9. The van der Waals surface area contributed by atoms with Gasteiger partial charge in [0.05, 0.1) is 12.4 Å². The van der Waals surface area contributed by atoms with Crippen LogP contribution in [0.15, 0.2) is 54.6 Å². The summed E-state index contributed by atoms with van der Waals surface area (Å²) in [6.45, 7) is 2.81. The number of sulfone groups is 1. The van der Waals surface area contributed by atoms with Gasteiger partial charge in [0.25, 0.3) is 0 Å². The van der Waals surface area contributed by atoms with E-state index in [0.29, 0.717) is 19.6 Å². The lowest BCUT2D eigenvalue weighted by Gasteiger charge is -2.24. The molecule has 8 nitrogen and oxygen atoms in total. The van der Waals surface area contributed by atoms with Crippen molar-refractivity contribution >= 4 is 21.8 Å². The van der Waals surface area contributed by atoms with E-state index in [1.54, 1.807) is 7.05 Å². The molecule has 2 aromatic rings. The third-order valence-electron chi connectivity index (χ3n) is 4.95. The minimum atomic E-state index is -3.31. The number of nitrogens with one attached hydrogen (secondary N) is 1. The van der Waals surface area contributed by atoms with Crippen LogP contribution in [0, 0.1) is 6.92 Å². The fourth-order valence-electron chi connectivity index (χ4n) is 3.07. The lowest BCUT2D eigenvalue weighted by atomic mass is 10.2. The molecule has 33 heavy (non-hydrogen) atoms. The van der Waals surface area contributed by atoms with Gasteiger partial charge in [-0.2, -0.15) is 0 Å². The van der Waals surface area contributed by atoms with Gasteiger partial charge in [0, 0.05) is 19.8 Å². The van der Waals surface area contributed by atoms with Crippen LogP contribution in [0.25, 0.3) is 0 Å². The number of nitrogens with zero attached hydrogens (tertiary/aromatic N) is 1. The van der Waals surface area contributed by atoms with Crippen LogP contribution in [0.1, 0.15) is 24.0 Å². The summed E-state index contributed by atoms with van der Waals surface area (Å²) in [7, 11) is -1.70. The van der Waals surface area contributed by atoms with Gasteiger partial charge >= 0.3 is 6.09 Å². The third-order valence-corrected chi connectivity index (χ3v) is 5.92. The van der Waals surface area contributed by atoms with E-state index >= 15 is 0 Å². The first-order valence-electron chi connectivity index (χ1n) is 10.7. The maximum absolute atomic E-state index is 12.9. The highest BCUT2D eigenvalue weighted by atomic mass is 32.2. The lowest BCUT2D eigenvalue weighted by molar-refractivity contribution is -0.132. The summed E-state index contributed by atoms with van der Waals surface area (Å²) in [6, 6.07) is 15.8. The largest absolute Gasteiger partial charge is 0.493 e. The van der Waals surface area contributed by atoms with E-state index in [1.165, 1.54) is 4.90 Å². The van der Waals surface area contributed by atoms with Crippen molar-refractivity contribution in [1.82, 2.24) is 10.2 Å². The summed E-state index contributed by atoms with van der Waals surface area (Å²) in [6.07, 6.45) is 0.854. The number of ether oxygens (including phenoxy) is 2. The van der Waals surface area contributed by atoms with E-state index in [-0.39, 0.29) is 24.7 Å². The fraction of sp³-hybridized carbons (Fsp3) is 0.417. The van der Waals surface area contributed by atoms with Crippen LogP contribution < -0.4 is 10.1 Å². The quantitative estimate of drug-likeness (QED) is 0.473. The molecule has 0 aliphatic heterocycles. The molecule has 1 unspecified atom stereocenters. The molecule has 0 aliphatic carbocycles. The van der Waals surface area contributed by atoms with Crippen molar-refractivity contribution in [3.05, 3.63) is 65.7 Å². The zero-order valence-corrected chi connectivity index (χ0v) is 20.1. The normalized spacial score (nSPS) is 12.0. The number of hydrogen-bond acceptors (Lipinski definition) is 6. The van der Waals surface area contributed by atoms with Gasteiger partial charge in [0.15, 0.2) is 0 Å². The number of hydrogen-bond donors (Lipinski definition) is 1. The average Bonchev–Trinajstić information content (AvgIpc) is 2.78. The van der Waals surface area contributed by atoms with Crippen molar-refractivity contribution in [2.45, 2.75) is 32.4 Å². The second-order valence-electron chi connectivity index (χ2n) is 7.90. The molecule has 1 N–H and O–H groups in total. The Hall–Kier alpha value is -3.07. The Balaban J connectivity index is 1.88. The molecule has 2 amide bonds. The molecule has 0 aliphatic rings.